The Labute approximate surface area is 179 Å². The third kappa shape index (κ3) is 4.63. The molecular formula is C23H22N4O2S. The van der Waals surface area contributed by atoms with Crippen LogP contribution in [0.5, 0.6) is 0 Å². The van der Waals surface area contributed by atoms with Gasteiger partial charge in [-0.15, -0.1) is 0 Å². The molecule has 1 unspecified atom stereocenters. The molecule has 1 amide bonds. The van der Waals surface area contributed by atoms with Crippen molar-refractivity contribution in [2.24, 2.45) is 0 Å². The topological polar surface area (TPSA) is 73.0 Å². The largest absolute Gasteiger partial charge is 0.355 e. The quantitative estimate of drug-likeness (QED) is 0.429. The number of rotatable bonds is 8. The van der Waals surface area contributed by atoms with E-state index >= 15 is 0 Å². The van der Waals surface area contributed by atoms with Crippen molar-refractivity contribution in [2.45, 2.75) is 12.5 Å². The van der Waals surface area contributed by atoms with E-state index in [1.807, 2.05) is 59.4 Å². The fourth-order valence-electron chi connectivity index (χ4n) is 3.25. The maximum atomic E-state index is 12.6. The zero-order chi connectivity index (χ0) is 20.8. The molecule has 1 N–H and O–H groups in total. The second-order valence-corrected chi connectivity index (χ2v) is 7.80. The van der Waals surface area contributed by atoms with E-state index in [1.54, 1.807) is 24.0 Å². The zero-order valence-corrected chi connectivity index (χ0v) is 17.4. The Morgan fingerprint density at radius 3 is 2.60 bits per heavy atom. The van der Waals surface area contributed by atoms with Gasteiger partial charge >= 0.3 is 0 Å². The maximum Gasteiger partial charge on any atom is 0.277 e. The van der Waals surface area contributed by atoms with Crippen molar-refractivity contribution in [1.82, 2.24) is 14.9 Å². The van der Waals surface area contributed by atoms with Crippen LogP contribution in [0.1, 0.15) is 28.5 Å². The Balaban J connectivity index is 1.48. The van der Waals surface area contributed by atoms with E-state index in [2.05, 4.69) is 34.0 Å². The SMILES string of the molecule is CSCCC(c1ccccc1)n1cc(NC(=O)c2cc(-c3ccccc3)on2)cn1. The number of carbonyl (C=O) groups is 1. The van der Waals surface area contributed by atoms with Gasteiger partial charge in [0, 0.05) is 17.8 Å². The lowest BCUT2D eigenvalue weighted by Crippen LogP contribution is -2.13. The molecule has 2 aromatic carbocycles. The van der Waals surface area contributed by atoms with E-state index in [4.69, 9.17) is 4.52 Å². The summed E-state index contributed by atoms with van der Waals surface area (Å²) in [5.41, 5.74) is 2.91. The first-order valence-electron chi connectivity index (χ1n) is 9.66. The molecule has 0 fully saturated rings. The Hall–Kier alpha value is -3.32. The summed E-state index contributed by atoms with van der Waals surface area (Å²) in [6.07, 6.45) is 6.56. The van der Waals surface area contributed by atoms with Crippen LogP contribution in [-0.2, 0) is 0 Å². The molecule has 7 heteroatoms. The third-order valence-electron chi connectivity index (χ3n) is 4.76. The Morgan fingerprint density at radius 1 is 1.13 bits per heavy atom. The Bertz CT molecular complexity index is 1090. The number of hydrogen-bond acceptors (Lipinski definition) is 5. The third-order valence-corrected chi connectivity index (χ3v) is 5.40. The van der Waals surface area contributed by atoms with Gasteiger partial charge in [0.25, 0.3) is 5.91 Å². The van der Waals surface area contributed by atoms with E-state index in [9.17, 15) is 4.79 Å². The van der Waals surface area contributed by atoms with Gasteiger partial charge in [0.1, 0.15) is 0 Å². The maximum absolute atomic E-state index is 12.6. The molecule has 30 heavy (non-hydrogen) atoms. The normalized spacial score (nSPS) is 11.9. The number of benzene rings is 2. The minimum absolute atomic E-state index is 0.112. The lowest BCUT2D eigenvalue weighted by Gasteiger charge is -2.17. The summed E-state index contributed by atoms with van der Waals surface area (Å²) < 4.78 is 7.22. The molecule has 0 aliphatic rings. The van der Waals surface area contributed by atoms with Gasteiger partial charge in [-0.3, -0.25) is 9.48 Å². The second-order valence-electron chi connectivity index (χ2n) is 6.81. The summed E-state index contributed by atoms with van der Waals surface area (Å²) in [5.74, 6) is 1.24. The second kappa shape index (κ2) is 9.45. The number of hydrogen-bond donors (Lipinski definition) is 1. The molecule has 2 aromatic heterocycles. The fraction of sp³-hybridized carbons (Fsp3) is 0.174. The van der Waals surface area contributed by atoms with Crippen LogP contribution in [0.15, 0.2) is 83.6 Å². The van der Waals surface area contributed by atoms with Gasteiger partial charge < -0.3 is 9.84 Å². The van der Waals surface area contributed by atoms with E-state index in [0.717, 1.165) is 17.7 Å². The average molecular weight is 419 g/mol. The summed E-state index contributed by atoms with van der Waals surface area (Å²) in [6.45, 7) is 0. The Morgan fingerprint density at radius 2 is 1.87 bits per heavy atom. The molecule has 0 aliphatic carbocycles. The molecule has 1 atom stereocenters. The van der Waals surface area contributed by atoms with Crippen molar-refractivity contribution in [2.75, 3.05) is 17.3 Å². The summed E-state index contributed by atoms with van der Waals surface area (Å²) in [6, 6.07) is 21.6. The van der Waals surface area contributed by atoms with Gasteiger partial charge in [-0.25, -0.2) is 0 Å². The molecule has 0 radical (unpaired) electrons. The highest BCUT2D eigenvalue weighted by Gasteiger charge is 2.17. The van der Waals surface area contributed by atoms with E-state index in [1.165, 1.54) is 5.56 Å². The first-order chi connectivity index (χ1) is 14.7. The first-order valence-corrected chi connectivity index (χ1v) is 11.1. The predicted octanol–water partition coefficient (Wildman–Crippen LogP) is 5.13. The number of amides is 1. The van der Waals surface area contributed by atoms with E-state index in [0.29, 0.717) is 11.4 Å². The lowest BCUT2D eigenvalue weighted by molar-refractivity contribution is 0.101. The number of aromatic nitrogens is 3. The van der Waals surface area contributed by atoms with Crippen LogP contribution in [0.3, 0.4) is 0 Å². The Kier molecular flexibility index (Phi) is 6.29. The van der Waals surface area contributed by atoms with Crippen molar-refractivity contribution in [3.63, 3.8) is 0 Å². The molecule has 2 heterocycles. The monoisotopic (exact) mass is 418 g/mol. The number of nitrogens with one attached hydrogen (secondary N) is 1. The summed E-state index contributed by atoms with van der Waals surface area (Å²) >= 11 is 1.80. The van der Waals surface area contributed by atoms with Gasteiger partial charge in [-0.05, 0) is 24.0 Å². The van der Waals surface area contributed by atoms with Crippen LogP contribution >= 0.6 is 11.8 Å². The minimum atomic E-state index is -0.333. The average Bonchev–Trinajstić information content (AvgIpc) is 3.46. The van der Waals surface area contributed by atoms with Crippen LogP contribution in [0.25, 0.3) is 11.3 Å². The van der Waals surface area contributed by atoms with Gasteiger partial charge in [-0.2, -0.15) is 16.9 Å². The van der Waals surface area contributed by atoms with Crippen molar-refractivity contribution in [3.8, 4) is 11.3 Å². The predicted molar refractivity (Wildman–Crippen MR) is 120 cm³/mol. The van der Waals surface area contributed by atoms with Crippen molar-refractivity contribution >= 4 is 23.4 Å². The highest BCUT2D eigenvalue weighted by molar-refractivity contribution is 7.98. The molecule has 0 saturated carbocycles. The smallest absolute Gasteiger partial charge is 0.277 e. The van der Waals surface area contributed by atoms with Crippen molar-refractivity contribution in [1.29, 1.82) is 0 Å². The van der Waals surface area contributed by atoms with Crippen molar-refractivity contribution < 1.29 is 9.32 Å². The number of anilines is 1. The molecule has 6 nitrogen and oxygen atoms in total. The fourth-order valence-corrected chi connectivity index (χ4v) is 3.70. The van der Waals surface area contributed by atoms with Crippen LogP contribution in [-0.4, -0.2) is 32.9 Å². The standard InChI is InChI=1S/C23H22N4O2S/c1-30-13-12-21(17-8-4-2-5-9-17)27-16-19(15-24-27)25-23(28)20-14-22(29-26-20)18-10-6-3-7-11-18/h2-11,14-16,21H,12-13H2,1H3,(H,25,28). The molecule has 0 bridgehead atoms. The lowest BCUT2D eigenvalue weighted by atomic mass is 10.1. The number of nitrogens with zero attached hydrogens (tertiary/aromatic N) is 3. The highest BCUT2D eigenvalue weighted by Crippen LogP contribution is 2.25. The van der Waals surface area contributed by atoms with Crippen LogP contribution in [0.2, 0.25) is 0 Å². The molecule has 0 saturated heterocycles. The summed E-state index contributed by atoms with van der Waals surface area (Å²) in [5, 5.41) is 11.3. The molecular weight excluding hydrogens is 396 g/mol. The highest BCUT2D eigenvalue weighted by atomic mass is 32.2. The molecule has 0 spiro atoms. The number of carbonyl (C=O) groups excluding carboxylic acids is 1. The van der Waals surface area contributed by atoms with E-state index in [-0.39, 0.29) is 17.6 Å². The van der Waals surface area contributed by atoms with Crippen LogP contribution < -0.4 is 5.32 Å². The van der Waals surface area contributed by atoms with Crippen molar-refractivity contribution in [3.05, 3.63) is 90.4 Å². The first kappa shape index (κ1) is 20.0. The molecule has 4 aromatic rings. The summed E-state index contributed by atoms with van der Waals surface area (Å²) in [7, 11) is 0. The minimum Gasteiger partial charge on any atom is -0.355 e. The number of thioether (sulfide) groups is 1. The zero-order valence-electron chi connectivity index (χ0n) is 16.6. The van der Waals surface area contributed by atoms with Gasteiger partial charge in [0.2, 0.25) is 0 Å². The van der Waals surface area contributed by atoms with Gasteiger partial charge in [0.15, 0.2) is 11.5 Å². The molecule has 0 aliphatic heterocycles. The van der Waals surface area contributed by atoms with Gasteiger partial charge in [-0.1, -0.05) is 65.8 Å². The molecule has 4 rings (SSSR count). The summed E-state index contributed by atoms with van der Waals surface area (Å²) in [4.78, 5) is 12.6. The van der Waals surface area contributed by atoms with Crippen LogP contribution in [0.4, 0.5) is 5.69 Å². The van der Waals surface area contributed by atoms with E-state index < -0.39 is 0 Å². The van der Waals surface area contributed by atoms with Crippen LogP contribution in [0, 0.1) is 0 Å². The molecule has 152 valence electrons. The van der Waals surface area contributed by atoms with Gasteiger partial charge in [0.05, 0.1) is 17.9 Å².